The predicted octanol–water partition coefficient (Wildman–Crippen LogP) is 8.42. The Balaban J connectivity index is 1.22. The minimum absolute atomic E-state index is 0.0605. The maximum absolute atomic E-state index is 13.5. The summed E-state index contributed by atoms with van der Waals surface area (Å²) in [5, 5.41) is 2.07. The van der Waals surface area contributed by atoms with Crippen molar-refractivity contribution in [2.45, 2.75) is 44.6 Å². The van der Waals surface area contributed by atoms with E-state index in [1.807, 2.05) is 37.2 Å². The van der Waals surface area contributed by atoms with Crippen molar-refractivity contribution in [2.75, 3.05) is 14.1 Å². The number of hydrogen-bond donors (Lipinski definition) is 0. The van der Waals surface area contributed by atoms with Gasteiger partial charge >= 0.3 is 6.18 Å². The second-order valence-electron chi connectivity index (χ2n) is 10.2. The quantitative estimate of drug-likeness (QED) is 0.213. The molecule has 39 heavy (non-hydrogen) atoms. The van der Waals surface area contributed by atoms with Crippen molar-refractivity contribution in [3.63, 3.8) is 0 Å². The molecule has 1 amide bonds. The zero-order valence-corrected chi connectivity index (χ0v) is 23.6. The van der Waals surface area contributed by atoms with Crippen molar-refractivity contribution < 1.29 is 18.0 Å². The molecular weight excluding hydrogens is 537 g/mol. The average molecular weight is 569 g/mol. The van der Waals surface area contributed by atoms with Gasteiger partial charge in [-0.3, -0.25) is 9.69 Å². The van der Waals surface area contributed by atoms with Crippen LogP contribution in [-0.4, -0.2) is 35.8 Å². The molecule has 0 aliphatic heterocycles. The van der Waals surface area contributed by atoms with Crippen LogP contribution in [0, 0.1) is 5.92 Å². The van der Waals surface area contributed by atoms with E-state index >= 15 is 0 Å². The SMILES string of the molecule is CN(Cc1ccc(-c2cccs2)s1)C(=O)[C@H]1CCC[C@@H]1N(C)Cc1ccc(-c2ccccc2C(F)(F)F)cc1. The fourth-order valence-corrected chi connectivity index (χ4v) is 7.44. The first-order valence-electron chi connectivity index (χ1n) is 13.0. The van der Waals surface area contributed by atoms with Gasteiger partial charge in [0.05, 0.1) is 18.0 Å². The van der Waals surface area contributed by atoms with Crippen LogP contribution in [0.15, 0.2) is 78.2 Å². The van der Waals surface area contributed by atoms with Gasteiger partial charge in [-0.05, 0) is 66.2 Å². The summed E-state index contributed by atoms with van der Waals surface area (Å²) in [4.78, 5) is 21.2. The van der Waals surface area contributed by atoms with E-state index in [1.165, 1.54) is 26.8 Å². The first-order valence-corrected chi connectivity index (χ1v) is 14.7. The van der Waals surface area contributed by atoms with Gasteiger partial charge in [0.2, 0.25) is 5.91 Å². The molecule has 2 aromatic carbocycles. The third kappa shape index (κ3) is 6.29. The van der Waals surface area contributed by atoms with Gasteiger partial charge in [0, 0.05) is 34.3 Å². The molecule has 5 rings (SSSR count). The lowest BCUT2D eigenvalue weighted by atomic mass is 9.97. The number of benzene rings is 2. The van der Waals surface area contributed by atoms with Crippen LogP contribution in [0.4, 0.5) is 13.2 Å². The second-order valence-corrected chi connectivity index (χ2v) is 12.3. The van der Waals surface area contributed by atoms with E-state index in [1.54, 1.807) is 40.9 Å². The Labute approximate surface area is 235 Å². The van der Waals surface area contributed by atoms with Crippen molar-refractivity contribution in [2.24, 2.45) is 5.92 Å². The zero-order chi connectivity index (χ0) is 27.6. The van der Waals surface area contributed by atoms with Gasteiger partial charge in [0.25, 0.3) is 0 Å². The molecule has 4 aromatic rings. The van der Waals surface area contributed by atoms with E-state index in [0.717, 1.165) is 30.9 Å². The Bertz CT molecular complexity index is 1400. The first kappa shape index (κ1) is 27.6. The Kier molecular flexibility index (Phi) is 8.26. The van der Waals surface area contributed by atoms with Crippen molar-refractivity contribution in [1.29, 1.82) is 0 Å². The molecule has 0 bridgehead atoms. The molecule has 0 radical (unpaired) electrons. The molecule has 3 nitrogen and oxygen atoms in total. The Morgan fingerprint density at radius 3 is 2.38 bits per heavy atom. The van der Waals surface area contributed by atoms with Crippen LogP contribution in [0.3, 0.4) is 0 Å². The summed E-state index contributed by atoms with van der Waals surface area (Å²) < 4.78 is 40.4. The minimum Gasteiger partial charge on any atom is -0.340 e. The summed E-state index contributed by atoms with van der Waals surface area (Å²) >= 11 is 3.45. The third-order valence-electron chi connectivity index (χ3n) is 7.49. The Hall–Kier alpha value is -2.94. The fraction of sp³-hybridized carbons (Fsp3) is 0.323. The lowest BCUT2D eigenvalue weighted by Crippen LogP contribution is -2.42. The first-order chi connectivity index (χ1) is 18.7. The van der Waals surface area contributed by atoms with E-state index in [2.05, 4.69) is 28.5 Å². The number of halogens is 3. The number of hydrogen-bond acceptors (Lipinski definition) is 4. The molecule has 1 aliphatic rings. The topological polar surface area (TPSA) is 23.6 Å². The number of carbonyl (C=O) groups excluding carboxylic acids is 1. The molecule has 1 fully saturated rings. The molecule has 8 heteroatoms. The molecule has 0 saturated heterocycles. The van der Waals surface area contributed by atoms with Gasteiger partial charge in [-0.15, -0.1) is 22.7 Å². The maximum Gasteiger partial charge on any atom is 0.417 e. The molecule has 1 saturated carbocycles. The van der Waals surface area contributed by atoms with Crippen molar-refractivity contribution in [1.82, 2.24) is 9.80 Å². The van der Waals surface area contributed by atoms with Gasteiger partial charge in [0.15, 0.2) is 0 Å². The summed E-state index contributed by atoms with van der Waals surface area (Å²) in [5.74, 6) is 0.115. The lowest BCUT2D eigenvalue weighted by molar-refractivity contribution is -0.137. The molecule has 2 heterocycles. The van der Waals surface area contributed by atoms with Crippen LogP contribution in [0.2, 0.25) is 0 Å². The highest BCUT2D eigenvalue weighted by atomic mass is 32.1. The number of alkyl halides is 3. The molecule has 0 unspecified atom stereocenters. The number of carbonyl (C=O) groups is 1. The molecule has 2 aromatic heterocycles. The van der Waals surface area contributed by atoms with E-state index < -0.39 is 11.7 Å². The zero-order valence-electron chi connectivity index (χ0n) is 21.9. The van der Waals surface area contributed by atoms with Crippen LogP contribution < -0.4 is 0 Å². The Morgan fingerprint density at radius 2 is 1.67 bits per heavy atom. The number of amides is 1. The average Bonchev–Trinajstić information content (AvgIpc) is 3.70. The normalized spacial score (nSPS) is 17.6. The highest BCUT2D eigenvalue weighted by molar-refractivity contribution is 7.21. The van der Waals surface area contributed by atoms with Crippen molar-refractivity contribution >= 4 is 28.6 Å². The Morgan fingerprint density at radius 1 is 0.897 bits per heavy atom. The number of rotatable bonds is 8. The largest absolute Gasteiger partial charge is 0.417 e. The van der Waals surface area contributed by atoms with Crippen molar-refractivity contribution in [3.05, 3.63) is 94.2 Å². The molecule has 2 atom stereocenters. The monoisotopic (exact) mass is 568 g/mol. The summed E-state index contributed by atoms with van der Waals surface area (Å²) in [6, 6.07) is 21.5. The summed E-state index contributed by atoms with van der Waals surface area (Å²) in [7, 11) is 3.93. The van der Waals surface area contributed by atoms with Gasteiger partial charge in [-0.1, -0.05) is 55.0 Å². The predicted molar refractivity (Wildman–Crippen MR) is 154 cm³/mol. The highest BCUT2D eigenvalue weighted by Crippen LogP contribution is 2.38. The standard InChI is InChI=1S/C31H31F3N2OS2/c1-35(19-21-12-14-22(15-13-21)24-7-3-4-9-26(24)31(32,33)34)27-10-5-8-25(27)30(37)36(2)20-23-16-17-29(39-23)28-11-6-18-38-28/h3-4,6-7,9,11-18,25,27H,5,8,10,19-20H2,1-2H3/t25-,27-/m0/s1. The molecule has 0 spiro atoms. The van der Waals surface area contributed by atoms with Crippen LogP contribution >= 0.6 is 22.7 Å². The van der Waals surface area contributed by atoms with E-state index in [9.17, 15) is 18.0 Å². The van der Waals surface area contributed by atoms with E-state index in [4.69, 9.17) is 0 Å². The molecular formula is C31H31F3N2OS2. The minimum atomic E-state index is -4.40. The fourth-order valence-electron chi connectivity index (χ4n) is 5.54. The number of nitrogens with zero attached hydrogens (tertiary/aromatic N) is 2. The highest BCUT2D eigenvalue weighted by Gasteiger charge is 2.37. The molecule has 204 valence electrons. The maximum atomic E-state index is 13.5. The van der Waals surface area contributed by atoms with Gasteiger partial charge in [-0.2, -0.15) is 13.2 Å². The van der Waals surface area contributed by atoms with Crippen LogP contribution in [0.1, 0.15) is 35.3 Å². The van der Waals surface area contributed by atoms with Crippen LogP contribution in [-0.2, 0) is 24.1 Å². The van der Waals surface area contributed by atoms with Gasteiger partial charge in [0.1, 0.15) is 0 Å². The van der Waals surface area contributed by atoms with E-state index in [-0.39, 0.29) is 23.4 Å². The summed E-state index contributed by atoms with van der Waals surface area (Å²) in [5.41, 5.74) is 1.11. The summed E-state index contributed by atoms with van der Waals surface area (Å²) in [6.07, 6.45) is -1.56. The van der Waals surface area contributed by atoms with E-state index in [0.29, 0.717) is 18.7 Å². The summed E-state index contributed by atoms with van der Waals surface area (Å²) in [6.45, 7) is 1.23. The van der Waals surface area contributed by atoms with Gasteiger partial charge in [-0.25, -0.2) is 0 Å². The van der Waals surface area contributed by atoms with Crippen LogP contribution in [0.25, 0.3) is 20.9 Å². The second kappa shape index (κ2) is 11.7. The third-order valence-corrected chi connectivity index (χ3v) is 9.62. The van der Waals surface area contributed by atoms with Crippen LogP contribution in [0.5, 0.6) is 0 Å². The smallest absolute Gasteiger partial charge is 0.340 e. The lowest BCUT2D eigenvalue weighted by Gasteiger charge is -2.31. The number of thiophene rings is 2. The van der Waals surface area contributed by atoms with Crippen molar-refractivity contribution in [3.8, 4) is 20.9 Å². The van der Waals surface area contributed by atoms with Gasteiger partial charge < -0.3 is 4.90 Å². The molecule has 1 aliphatic carbocycles. The molecule has 0 N–H and O–H groups in total.